The molecule has 0 aromatic heterocycles. The van der Waals surface area contributed by atoms with Crippen LogP contribution < -0.4 is 19.5 Å². The van der Waals surface area contributed by atoms with E-state index in [0.29, 0.717) is 29.2 Å². The first-order valence-electron chi connectivity index (χ1n) is 9.36. The maximum Gasteiger partial charge on any atom is 0.217 e. The fraction of sp³-hybridized carbons (Fsp3) is 0.364. The lowest BCUT2D eigenvalue weighted by Crippen LogP contribution is -2.38. The van der Waals surface area contributed by atoms with Crippen molar-refractivity contribution in [2.24, 2.45) is 0 Å². The monoisotopic (exact) mass is 453 g/mol. The van der Waals surface area contributed by atoms with Gasteiger partial charge in [0.2, 0.25) is 5.91 Å². The number of rotatable bonds is 11. The van der Waals surface area contributed by atoms with E-state index in [1.165, 1.54) is 6.92 Å². The minimum atomic E-state index is -0.809. The summed E-state index contributed by atoms with van der Waals surface area (Å²) in [6.45, 7) is 1.61. The van der Waals surface area contributed by atoms with Crippen LogP contribution in [0.2, 0.25) is 0 Å². The fourth-order valence-corrected chi connectivity index (χ4v) is 3.26. The van der Waals surface area contributed by atoms with Crippen LogP contribution in [0.3, 0.4) is 0 Å². The topological polar surface area (TPSA) is 73.9 Å². The van der Waals surface area contributed by atoms with Crippen LogP contribution >= 0.6 is 23.2 Å². The van der Waals surface area contributed by atoms with Crippen molar-refractivity contribution in [3.63, 3.8) is 0 Å². The maximum absolute atomic E-state index is 12.8. The van der Waals surface area contributed by atoms with Gasteiger partial charge in [-0.05, 0) is 36.2 Å². The minimum absolute atomic E-state index is 0.127. The second kappa shape index (κ2) is 11.7. The van der Waals surface area contributed by atoms with Crippen molar-refractivity contribution in [2.75, 3.05) is 14.2 Å². The number of carbonyl (C=O) groups excluding carboxylic acids is 2. The molecule has 8 heteroatoms. The number of para-hydroxylation sites is 1. The van der Waals surface area contributed by atoms with E-state index in [-0.39, 0.29) is 24.7 Å². The van der Waals surface area contributed by atoms with Gasteiger partial charge < -0.3 is 19.5 Å². The second-order valence-electron chi connectivity index (χ2n) is 6.61. The first-order valence-corrected chi connectivity index (χ1v) is 10.2. The zero-order valence-electron chi connectivity index (χ0n) is 17.1. The van der Waals surface area contributed by atoms with E-state index in [1.807, 2.05) is 12.1 Å². The van der Waals surface area contributed by atoms with Crippen LogP contribution in [0, 0.1) is 0 Å². The lowest BCUT2D eigenvalue weighted by Gasteiger charge is -2.18. The van der Waals surface area contributed by atoms with Crippen LogP contribution in [0.5, 0.6) is 17.2 Å². The van der Waals surface area contributed by atoms with E-state index >= 15 is 0 Å². The van der Waals surface area contributed by atoms with Gasteiger partial charge in [0.05, 0.1) is 25.8 Å². The number of alkyl halides is 2. The molecule has 6 nitrogen and oxygen atoms in total. The van der Waals surface area contributed by atoms with Crippen molar-refractivity contribution in [1.82, 2.24) is 5.32 Å². The van der Waals surface area contributed by atoms with Crippen molar-refractivity contribution in [1.29, 1.82) is 0 Å². The van der Waals surface area contributed by atoms with Crippen molar-refractivity contribution in [3.05, 3.63) is 53.6 Å². The van der Waals surface area contributed by atoms with Gasteiger partial charge in [-0.15, -0.1) is 23.2 Å². The summed E-state index contributed by atoms with van der Waals surface area (Å²) < 4.78 is 16.5. The van der Waals surface area contributed by atoms with E-state index in [0.717, 1.165) is 5.56 Å². The third kappa shape index (κ3) is 7.11. The highest BCUT2D eigenvalue weighted by atomic mass is 35.5. The average molecular weight is 454 g/mol. The Morgan fingerprint density at radius 2 is 1.67 bits per heavy atom. The lowest BCUT2D eigenvalue weighted by atomic mass is 10.0. The standard InChI is InChI=1S/C22H25Cl2NO5/c1-14(26)25-19(22(23)24)8-9-20(27)18-6-4-5-7-21(18)30-13-15-10-16(28-2)12-17(11-15)29-3/h4-7,10-12,19,22H,8-9,13H2,1-3H3,(H,25,26). The molecule has 1 atom stereocenters. The molecule has 30 heavy (non-hydrogen) atoms. The van der Waals surface area contributed by atoms with Gasteiger partial charge >= 0.3 is 0 Å². The van der Waals surface area contributed by atoms with E-state index < -0.39 is 10.9 Å². The molecular formula is C22H25Cl2NO5. The molecule has 0 fully saturated rings. The first kappa shape index (κ1) is 23.8. The molecule has 0 heterocycles. The molecule has 2 aromatic rings. The van der Waals surface area contributed by atoms with Gasteiger partial charge in [-0.2, -0.15) is 0 Å². The van der Waals surface area contributed by atoms with Crippen molar-refractivity contribution >= 4 is 34.9 Å². The van der Waals surface area contributed by atoms with Crippen LogP contribution in [-0.4, -0.2) is 36.8 Å². The molecule has 0 radical (unpaired) electrons. The molecule has 2 rings (SSSR count). The number of benzene rings is 2. The Balaban J connectivity index is 2.08. The Hall–Kier alpha value is -2.44. The molecule has 0 aliphatic heterocycles. The summed E-state index contributed by atoms with van der Waals surface area (Å²) in [4.78, 5) is 23.3. The summed E-state index contributed by atoms with van der Waals surface area (Å²) in [7, 11) is 3.15. The molecule has 1 N–H and O–H groups in total. The Morgan fingerprint density at radius 3 is 2.23 bits per heavy atom. The Kier molecular flexibility index (Phi) is 9.27. The number of nitrogens with one attached hydrogen (secondary N) is 1. The van der Waals surface area contributed by atoms with E-state index in [4.69, 9.17) is 37.4 Å². The van der Waals surface area contributed by atoms with Gasteiger partial charge in [-0.1, -0.05) is 12.1 Å². The summed E-state index contributed by atoms with van der Waals surface area (Å²) in [5, 5.41) is 2.66. The molecular weight excluding hydrogens is 429 g/mol. The van der Waals surface area contributed by atoms with E-state index in [2.05, 4.69) is 5.32 Å². The number of hydrogen-bond donors (Lipinski definition) is 1. The highest BCUT2D eigenvalue weighted by Gasteiger charge is 2.21. The average Bonchev–Trinajstić information content (AvgIpc) is 2.74. The smallest absolute Gasteiger partial charge is 0.217 e. The third-order valence-corrected chi connectivity index (χ3v) is 4.98. The van der Waals surface area contributed by atoms with Crippen molar-refractivity contribution < 1.29 is 23.8 Å². The van der Waals surface area contributed by atoms with E-state index in [9.17, 15) is 9.59 Å². The first-order chi connectivity index (χ1) is 14.3. The fourth-order valence-electron chi connectivity index (χ4n) is 2.88. The van der Waals surface area contributed by atoms with Crippen LogP contribution in [0.25, 0.3) is 0 Å². The lowest BCUT2D eigenvalue weighted by molar-refractivity contribution is -0.119. The Labute approximate surface area is 186 Å². The summed E-state index contributed by atoms with van der Waals surface area (Å²) in [6.07, 6.45) is 0.478. The molecule has 162 valence electrons. The van der Waals surface area contributed by atoms with Crippen LogP contribution in [0.1, 0.15) is 35.7 Å². The van der Waals surface area contributed by atoms with Crippen molar-refractivity contribution in [2.45, 2.75) is 37.3 Å². The number of amides is 1. The summed E-state index contributed by atoms with van der Waals surface area (Å²) in [5.74, 6) is 1.39. The predicted molar refractivity (Wildman–Crippen MR) is 117 cm³/mol. The van der Waals surface area contributed by atoms with Crippen LogP contribution in [0.4, 0.5) is 0 Å². The molecule has 0 spiro atoms. The molecule has 0 bridgehead atoms. The maximum atomic E-state index is 12.8. The molecule has 0 aliphatic carbocycles. The molecule has 2 aromatic carbocycles. The number of halogens is 2. The van der Waals surface area contributed by atoms with Gasteiger partial charge in [0.15, 0.2) is 5.78 Å². The number of ketones is 1. The minimum Gasteiger partial charge on any atom is -0.497 e. The Morgan fingerprint density at radius 1 is 1.03 bits per heavy atom. The van der Waals surface area contributed by atoms with Crippen LogP contribution in [0.15, 0.2) is 42.5 Å². The largest absolute Gasteiger partial charge is 0.497 e. The third-order valence-electron chi connectivity index (χ3n) is 4.37. The number of Topliss-reactive ketones (excluding diaryl/α,β-unsaturated/α-hetero) is 1. The molecule has 0 aliphatic rings. The van der Waals surface area contributed by atoms with Crippen LogP contribution in [-0.2, 0) is 11.4 Å². The summed E-state index contributed by atoms with van der Waals surface area (Å²) >= 11 is 11.8. The molecule has 1 unspecified atom stereocenters. The highest BCUT2D eigenvalue weighted by Crippen LogP contribution is 2.26. The van der Waals surface area contributed by atoms with Gasteiger partial charge in [0.1, 0.15) is 28.7 Å². The summed E-state index contributed by atoms with van der Waals surface area (Å²) in [5.41, 5.74) is 1.29. The van der Waals surface area contributed by atoms with Gasteiger partial charge in [0.25, 0.3) is 0 Å². The normalized spacial score (nSPS) is 11.7. The predicted octanol–water partition coefficient (Wildman–Crippen LogP) is 4.55. The number of ether oxygens (including phenoxy) is 3. The van der Waals surface area contributed by atoms with Gasteiger partial charge in [-0.3, -0.25) is 9.59 Å². The number of methoxy groups -OCH3 is 2. The number of carbonyl (C=O) groups is 2. The quantitative estimate of drug-likeness (QED) is 0.398. The van der Waals surface area contributed by atoms with E-state index in [1.54, 1.807) is 44.6 Å². The molecule has 0 saturated carbocycles. The number of hydrogen-bond acceptors (Lipinski definition) is 5. The SMILES string of the molecule is COc1cc(COc2ccccc2C(=O)CCC(NC(C)=O)C(Cl)Cl)cc(OC)c1. The summed E-state index contributed by atoms with van der Waals surface area (Å²) in [6, 6.07) is 12.0. The Bertz CT molecular complexity index is 850. The van der Waals surface area contributed by atoms with Gasteiger partial charge in [0, 0.05) is 19.4 Å². The van der Waals surface area contributed by atoms with Gasteiger partial charge in [-0.25, -0.2) is 0 Å². The molecule has 1 amide bonds. The highest BCUT2D eigenvalue weighted by molar-refractivity contribution is 6.44. The van der Waals surface area contributed by atoms with Crippen molar-refractivity contribution in [3.8, 4) is 17.2 Å². The zero-order valence-corrected chi connectivity index (χ0v) is 18.6. The zero-order chi connectivity index (χ0) is 22.1. The second-order valence-corrected chi connectivity index (χ2v) is 7.77. The molecule has 0 saturated heterocycles.